The lowest BCUT2D eigenvalue weighted by molar-refractivity contribution is 0.221. The van der Waals surface area contributed by atoms with Gasteiger partial charge >= 0.3 is 0 Å². The lowest BCUT2D eigenvalue weighted by atomic mass is 9.70. The van der Waals surface area contributed by atoms with Crippen LogP contribution in [0.15, 0.2) is 54.6 Å². The molecular weight excluding hydrogens is 387 g/mol. The maximum atomic E-state index is 14.2. The average Bonchev–Trinajstić information content (AvgIpc) is 2.94. The van der Waals surface area contributed by atoms with Crippen molar-refractivity contribution in [3.63, 3.8) is 0 Å². The molecule has 30 heavy (non-hydrogen) atoms. The average molecular weight is 431 g/mol. The number of hydrogen-bond acceptors (Lipinski definition) is 1. The van der Waals surface area contributed by atoms with Gasteiger partial charge in [-0.2, -0.15) is 0 Å². The highest BCUT2D eigenvalue weighted by Crippen LogP contribution is 2.46. The van der Waals surface area contributed by atoms with Gasteiger partial charge in [-0.25, -0.2) is 4.39 Å². The smallest absolute Gasteiger partial charge is 0.130 e. The van der Waals surface area contributed by atoms with E-state index in [9.17, 15) is 4.39 Å². The van der Waals surface area contributed by atoms with Crippen LogP contribution < -0.4 is 0 Å². The van der Waals surface area contributed by atoms with Crippen LogP contribution >= 0.6 is 11.3 Å². The van der Waals surface area contributed by atoms with E-state index in [4.69, 9.17) is 0 Å². The van der Waals surface area contributed by atoms with E-state index >= 15 is 0 Å². The Balaban J connectivity index is 0.00000125. The molecule has 1 unspecified atom stereocenters. The predicted octanol–water partition coefficient (Wildman–Crippen LogP) is 9.82. The van der Waals surface area contributed by atoms with Crippen LogP contribution in [0.1, 0.15) is 94.7 Å². The minimum absolute atomic E-state index is 0.0540. The van der Waals surface area contributed by atoms with Gasteiger partial charge in [-0.05, 0) is 71.2 Å². The predicted molar refractivity (Wildman–Crippen MR) is 137 cm³/mol. The summed E-state index contributed by atoms with van der Waals surface area (Å²) in [4.78, 5) is 2.74. The Bertz CT molecular complexity index is 809. The van der Waals surface area contributed by atoms with E-state index in [1.807, 2.05) is 51.2 Å². The monoisotopic (exact) mass is 430 g/mol. The van der Waals surface area contributed by atoms with Gasteiger partial charge in [0.1, 0.15) is 5.67 Å². The first-order chi connectivity index (χ1) is 13.7. The minimum Gasteiger partial charge on any atom is -0.239 e. The summed E-state index contributed by atoms with van der Waals surface area (Å²) in [6, 6.07) is 10.2. The van der Waals surface area contributed by atoms with Crippen LogP contribution in [0.4, 0.5) is 4.39 Å². The van der Waals surface area contributed by atoms with Gasteiger partial charge in [0.15, 0.2) is 0 Å². The standard InChI is InChI=1S/C22H29FS.C4H8.C2H6/c1-14(2)19(17-9-11-18(12-10-17)22(7,8)23)21(5,6)20-15(3)13-16(4)24-20;1-4(2)3;1-2/h9-13,19H,1H2,2-8H3;1H2,2-3H3;1-2H3. The molecule has 0 aliphatic rings. The van der Waals surface area contributed by atoms with Crippen molar-refractivity contribution in [1.29, 1.82) is 0 Å². The molecule has 0 fully saturated rings. The van der Waals surface area contributed by atoms with Crippen molar-refractivity contribution >= 4 is 11.3 Å². The lowest BCUT2D eigenvalue weighted by Crippen LogP contribution is -2.27. The molecule has 2 heteroatoms. The fourth-order valence-corrected chi connectivity index (χ4v) is 4.96. The van der Waals surface area contributed by atoms with Crippen LogP contribution in [0.3, 0.4) is 0 Å². The van der Waals surface area contributed by atoms with E-state index in [1.54, 1.807) is 13.8 Å². The Morgan fingerprint density at radius 2 is 1.37 bits per heavy atom. The zero-order valence-electron chi connectivity index (χ0n) is 21.2. The third-order valence-corrected chi connectivity index (χ3v) is 6.26. The quantitative estimate of drug-likeness (QED) is 0.414. The zero-order chi connectivity index (χ0) is 23.9. The Kier molecular flexibility index (Phi) is 11.0. The van der Waals surface area contributed by atoms with Crippen molar-refractivity contribution in [2.24, 2.45) is 0 Å². The summed E-state index contributed by atoms with van der Waals surface area (Å²) in [5, 5.41) is 0. The summed E-state index contributed by atoms with van der Waals surface area (Å²) in [7, 11) is 0. The van der Waals surface area contributed by atoms with E-state index in [0.717, 1.165) is 5.57 Å². The normalized spacial score (nSPS) is 12.1. The van der Waals surface area contributed by atoms with Crippen molar-refractivity contribution < 1.29 is 4.39 Å². The first-order valence-electron chi connectivity index (χ1n) is 10.8. The van der Waals surface area contributed by atoms with E-state index < -0.39 is 5.67 Å². The van der Waals surface area contributed by atoms with E-state index in [0.29, 0.717) is 5.56 Å². The molecule has 1 aromatic carbocycles. The summed E-state index contributed by atoms with van der Waals surface area (Å²) >= 11 is 1.87. The molecule has 0 aliphatic heterocycles. The molecule has 0 spiro atoms. The van der Waals surface area contributed by atoms with Gasteiger partial charge in [-0.15, -0.1) is 17.9 Å². The van der Waals surface area contributed by atoms with Gasteiger partial charge in [0, 0.05) is 21.1 Å². The van der Waals surface area contributed by atoms with Crippen molar-refractivity contribution in [3.8, 4) is 0 Å². The fraction of sp³-hybridized carbons (Fsp3) is 0.500. The van der Waals surface area contributed by atoms with Crippen LogP contribution in [0.5, 0.6) is 0 Å². The summed E-state index contributed by atoms with van der Waals surface area (Å²) in [5.41, 5.74) is 4.20. The van der Waals surface area contributed by atoms with Gasteiger partial charge in [-0.3, -0.25) is 0 Å². The molecule has 168 valence electrons. The molecule has 0 nitrogen and oxygen atoms in total. The lowest BCUT2D eigenvalue weighted by Gasteiger charge is -2.36. The molecule has 2 rings (SSSR count). The summed E-state index contributed by atoms with van der Waals surface area (Å²) in [5.74, 6) is 0.200. The second kappa shape index (κ2) is 11.6. The number of allylic oxidation sites excluding steroid dienone is 2. The van der Waals surface area contributed by atoms with Gasteiger partial charge < -0.3 is 0 Å². The largest absolute Gasteiger partial charge is 0.239 e. The zero-order valence-corrected chi connectivity index (χ0v) is 22.0. The Labute approximate surface area is 189 Å². The highest BCUT2D eigenvalue weighted by molar-refractivity contribution is 7.12. The number of benzene rings is 1. The first-order valence-corrected chi connectivity index (χ1v) is 11.6. The molecule has 1 atom stereocenters. The van der Waals surface area contributed by atoms with Gasteiger partial charge in [0.25, 0.3) is 0 Å². The maximum Gasteiger partial charge on any atom is 0.130 e. The number of halogens is 1. The van der Waals surface area contributed by atoms with Gasteiger partial charge in [0.2, 0.25) is 0 Å². The number of hydrogen-bond donors (Lipinski definition) is 0. The van der Waals surface area contributed by atoms with Gasteiger partial charge in [0.05, 0.1) is 0 Å². The number of aryl methyl sites for hydroxylation is 2. The van der Waals surface area contributed by atoms with Crippen LogP contribution in [0.2, 0.25) is 0 Å². The Morgan fingerprint density at radius 1 is 0.933 bits per heavy atom. The van der Waals surface area contributed by atoms with Crippen LogP contribution in [-0.2, 0) is 11.1 Å². The van der Waals surface area contributed by atoms with E-state index in [1.165, 1.54) is 26.5 Å². The second-order valence-electron chi connectivity index (χ2n) is 9.17. The van der Waals surface area contributed by atoms with Crippen LogP contribution in [-0.4, -0.2) is 0 Å². The molecule has 0 radical (unpaired) electrons. The van der Waals surface area contributed by atoms with Crippen molar-refractivity contribution in [1.82, 2.24) is 0 Å². The molecule has 0 saturated heterocycles. The highest BCUT2D eigenvalue weighted by atomic mass is 32.1. The number of thiophene rings is 1. The Morgan fingerprint density at radius 3 is 1.67 bits per heavy atom. The Hall–Kier alpha value is -1.67. The number of alkyl halides is 1. The van der Waals surface area contributed by atoms with Crippen LogP contribution in [0.25, 0.3) is 0 Å². The van der Waals surface area contributed by atoms with Crippen molar-refractivity contribution in [3.05, 3.63) is 81.1 Å². The van der Waals surface area contributed by atoms with E-state index in [2.05, 4.69) is 66.0 Å². The maximum absolute atomic E-state index is 14.2. The molecule has 2 aromatic rings. The summed E-state index contributed by atoms with van der Waals surface area (Å²) in [6.07, 6.45) is 0. The van der Waals surface area contributed by atoms with Crippen molar-refractivity contribution in [2.75, 3.05) is 0 Å². The third-order valence-electron chi connectivity index (χ3n) is 4.77. The summed E-state index contributed by atoms with van der Waals surface area (Å²) in [6.45, 7) is 30.0. The minimum atomic E-state index is -1.31. The molecule has 1 heterocycles. The molecule has 1 aromatic heterocycles. The fourth-order valence-electron chi connectivity index (χ4n) is 3.80. The van der Waals surface area contributed by atoms with E-state index in [-0.39, 0.29) is 11.3 Å². The van der Waals surface area contributed by atoms with Crippen molar-refractivity contribution in [2.45, 2.75) is 93.2 Å². The molecule has 0 bridgehead atoms. The molecule has 0 saturated carbocycles. The highest BCUT2D eigenvalue weighted by Gasteiger charge is 2.35. The molecule has 0 aliphatic carbocycles. The third kappa shape index (κ3) is 7.87. The summed E-state index contributed by atoms with van der Waals surface area (Å²) < 4.78 is 14.2. The second-order valence-corrected chi connectivity index (χ2v) is 10.4. The molecule has 0 N–H and O–H groups in total. The topological polar surface area (TPSA) is 0 Å². The van der Waals surface area contributed by atoms with Crippen LogP contribution in [0, 0.1) is 13.8 Å². The SMILES string of the molecule is C=C(C)C.C=C(C)C(c1ccc(C(C)(C)F)cc1)C(C)(C)c1sc(C)cc1C.CC. The molecular formula is C28H43FS. The first kappa shape index (κ1) is 28.3. The van der Waals surface area contributed by atoms with Gasteiger partial charge in [-0.1, -0.05) is 69.7 Å². The number of rotatable bonds is 5. The molecule has 0 amide bonds.